The fraction of sp³-hybridized carbons (Fsp3) is 0.875. The Bertz CT molecular complexity index is 379. The molecule has 0 amide bonds. The molecule has 0 spiro atoms. The molecule has 5 nitrogen and oxygen atoms in total. The molecule has 0 aliphatic heterocycles. The molecular weight excluding hydrogens is 265 g/mol. The fourth-order valence-electron chi connectivity index (χ4n) is 0.926. The number of alkyl halides is 3. The first-order valence-electron chi connectivity index (χ1n) is 4.48. The van der Waals surface area contributed by atoms with Gasteiger partial charge in [-0.2, -0.15) is 21.6 Å². The molecular formula is C8H13F3O5S. The lowest BCUT2D eigenvalue weighted by molar-refractivity contribution is -0.147. The number of hydrogen-bond acceptors (Lipinski definition) is 4. The van der Waals surface area contributed by atoms with Crippen molar-refractivity contribution in [2.45, 2.75) is 38.8 Å². The summed E-state index contributed by atoms with van der Waals surface area (Å²) in [5.74, 6) is -1.76. The van der Waals surface area contributed by atoms with Gasteiger partial charge in [0.05, 0.1) is 0 Å². The van der Waals surface area contributed by atoms with Crippen LogP contribution in [0.5, 0.6) is 0 Å². The topological polar surface area (TPSA) is 80.7 Å². The number of hydrogen-bond donors (Lipinski definition) is 1. The van der Waals surface area contributed by atoms with Gasteiger partial charge in [-0.15, -0.1) is 0 Å². The summed E-state index contributed by atoms with van der Waals surface area (Å²) in [6, 6.07) is 0. The monoisotopic (exact) mass is 278 g/mol. The maximum absolute atomic E-state index is 12.0. The van der Waals surface area contributed by atoms with E-state index in [-0.39, 0.29) is 6.42 Å². The highest BCUT2D eigenvalue weighted by molar-refractivity contribution is 7.87. The van der Waals surface area contributed by atoms with Gasteiger partial charge in [0, 0.05) is 0 Å². The zero-order valence-electron chi connectivity index (χ0n) is 9.41. The molecule has 1 atom stereocenters. The van der Waals surface area contributed by atoms with Gasteiger partial charge in [-0.05, 0) is 11.8 Å². The van der Waals surface area contributed by atoms with E-state index in [1.807, 2.05) is 0 Å². The third-order valence-electron chi connectivity index (χ3n) is 1.60. The fourth-order valence-corrected chi connectivity index (χ4v) is 1.49. The second kappa shape index (κ2) is 4.81. The molecule has 0 aliphatic rings. The van der Waals surface area contributed by atoms with Gasteiger partial charge >= 0.3 is 21.6 Å². The molecule has 9 heteroatoms. The number of carbonyl (C=O) groups is 1. The van der Waals surface area contributed by atoms with Crippen LogP contribution in [0.2, 0.25) is 0 Å². The number of halogens is 3. The van der Waals surface area contributed by atoms with Crippen molar-refractivity contribution in [3.05, 3.63) is 0 Å². The molecule has 0 saturated heterocycles. The Kier molecular flexibility index (Phi) is 4.57. The van der Waals surface area contributed by atoms with Crippen LogP contribution in [0.1, 0.15) is 27.2 Å². The summed E-state index contributed by atoms with van der Waals surface area (Å²) >= 11 is 0. The summed E-state index contributed by atoms with van der Waals surface area (Å²) in [4.78, 5) is 10.6. The minimum Gasteiger partial charge on any atom is -0.479 e. The van der Waals surface area contributed by atoms with Crippen LogP contribution in [0.25, 0.3) is 0 Å². The second-order valence-corrected chi connectivity index (χ2v) is 6.15. The van der Waals surface area contributed by atoms with E-state index < -0.39 is 33.1 Å². The molecule has 0 aromatic rings. The highest BCUT2D eigenvalue weighted by Gasteiger charge is 2.49. The smallest absolute Gasteiger partial charge is 0.479 e. The van der Waals surface area contributed by atoms with Crippen molar-refractivity contribution < 1.29 is 35.7 Å². The van der Waals surface area contributed by atoms with E-state index in [1.165, 1.54) is 0 Å². The van der Waals surface area contributed by atoms with Gasteiger partial charge in [-0.25, -0.2) is 8.98 Å². The van der Waals surface area contributed by atoms with E-state index in [4.69, 9.17) is 5.11 Å². The van der Waals surface area contributed by atoms with E-state index in [0.29, 0.717) is 0 Å². The lowest BCUT2D eigenvalue weighted by Crippen LogP contribution is -2.36. The minimum atomic E-state index is -5.90. The van der Waals surface area contributed by atoms with Crippen molar-refractivity contribution in [1.29, 1.82) is 0 Å². The van der Waals surface area contributed by atoms with Gasteiger partial charge in [-0.1, -0.05) is 20.8 Å². The summed E-state index contributed by atoms with van der Waals surface area (Å²) in [6.07, 6.45) is -2.42. The van der Waals surface area contributed by atoms with Gasteiger partial charge in [0.2, 0.25) is 0 Å². The van der Waals surface area contributed by atoms with Gasteiger partial charge in [0.1, 0.15) is 0 Å². The van der Waals surface area contributed by atoms with Gasteiger partial charge < -0.3 is 5.11 Å². The van der Waals surface area contributed by atoms with Crippen molar-refractivity contribution in [2.75, 3.05) is 0 Å². The molecule has 0 saturated carbocycles. The molecule has 0 radical (unpaired) electrons. The highest BCUT2D eigenvalue weighted by atomic mass is 32.2. The Morgan fingerprint density at radius 1 is 1.29 bits per heavy atom. The van der Waals surface area contributed by atoms with Crippen LogP contribution in [0.15, 0.2) is 0 Å². The Morgan fingerprint density at radius 2 is 1.71 bits per heavy atom. The molecule has 102 valence electrons. The average Bonchev–Trinajstić information content (AvgIpc) is 1.96. The molecule has 0 fully saturated rings. The molecule has 0 heterocycles. The van der Waals surface area contributed by atoms with Gasteiger partial charge in [0.25, 0.3) is 0 Å². The Balaban J connectivity index is 4.99. The molecule has 0 aromatic heterocycles. The highest BCUT2D eigenvalue weighted by Crippen LogP contribution is 2.29. The normalized spacial score (nSPS) is 15.6. The van der Waals surface area contributed by atoms with Crippen LogP contribution in [-0.2, 0) is 19.1 Å². The van der Waals surface area contributed by atoms with Crippen molar-refractivity contribution in [2.24, 2.45) is 5.41 Å². The molecule has 0 bridgehead atoms. The van der Waals surface area contributed by atoms with E-state index in [9.17, 15) is 26.4 Å². The van der Waals surface area contributed by atoms with Crippen LogP contribution in [0.4, 0.5) is 13.2 Å². The molecule has 0 aliphatic carbocycles. The lowest BCUT2D eigenvalue weighted by Gasteiger charge is -2.23. The Morgan fingerprint density at radius 3 is 1.94 bits per heavy atom. The first-order valence-corrected chi connectivity index (χ1v) is 5.89. The van der Waals surface area contributed by atoms with Crippen LogP contribution in [-0.4, -0.2) is 31.1 Å². The summed E-state index contributed by atoms with van der Waals surface area (Å²) in [5, 5.41) is 8.61. The maximum Gasteiger partial charge on any atom is 0.523 e. The van der Waals surface area contributed by atoms with E-state index >= 15 is 0 Å². The van der Waals surface area contributed by atoms with Crippen molar-refractivity contribution in [3.8, 4) is 0 Å². The summed E-state index contributed by atoms with van der Waals surface area (Å²) in [7, 11) is -5.90. The van der Waals surface area contributed by atoms with Crippen molar-refractivity contribution in [1.82, 2.24) is 0 Å². The molecule has 17 heavy (non-hydrogen) atoms. The average molecular weight is 278 g/mol. The maximum atomic E-state index is 12.0. The quantitative estimate of drug-likeness (QED) is 0.625. The number of carboxylic acid groups (broad SMARTS) is 1. The number of carboxylic acids is 1. The van der Waals surface area contributed by atoms with Crippen LogP contribution < -0.4 is 0 Å². The third-order valence-corrected chi connectivity index (χ3v) is 2.65. The summed E-state index contributed by atoms with van der Waals surface area (Å²) in [6.45, 7) is 4.64. The third kappa shape index (κ3) is 5.35. The van der Waals surface area contributed by atoms with Crippen LogP contribution in [0, 0.1) is 5.41 Å². The van der Waals surface area contributed by atoms with Crippen molar-refractivity contribution >= 4 is 16.1 Å². The van der Waals surface area contributed by atoms with Gasteiger partial charge in [0.15, 0.2) is 6.10 Å². The minimum absolute atomic E-state index is 0.363. The van der Waals surface area contributed by atoms with E-state index in [1.54, 1.807) is 20.8 Å². The Hall–Kier alpha value is -0.830. The number of aliphatic carboxylic acids is 1. The Labute approximate surface area is 96.7 Å². The summed E-state index contributed by atoms with van der Waals surface area (Å²) in [5.41, 5.74) is -6.32. The van der Waals surface area contributed by atoms with E-state index in [0.717, 1.165) is 0 Å². The molecule has 1 N–H and O–H groups in total. The van der Waals surface area contributed by atoms with Crippen molar-refractivity contribution in [3.63, 3.8) is 0 Å². The lowest BCUT2D eigenvalue weighted by atomic mass is 9.89. The second-order valence-electron chi connectivity index (χ2n) is 4.59. The standard InChI is InChI=1S/C8H13F3O5S/c1-7(2,3)4-5(6(12)13)16-17(14,15)8(9,10)11/h5H,4H2,1-3H3,(H,12,13)/t5-/m1/s1. The largest absolute Gasteiger partial charge is 0.523 e. The number of rotatable bonds is 4. The predicted molar refractivity (Wildman–Crippen MR) is 51.6 cm³/mol. The predicted octanol–water partition coefficient (Wildman–Crippen LogP) is 1.74. The molecule has 0 unspecified atom stereocenters. The van der Waals surface area contributed by atoms with Crippen LogP contribution in [0.3, 0.4) is 0 Å². The first-order chi connectivity index (χ1) is 7.26. The molecule has 0 rings (SSSR count). The van der Waals surface area contributed by atoms with Crippen LogP contribution >= 0.6 is 0 Å². The first kappa shape index (κ1) is 16.2. The van der Waals surface area contributed by atoms with E-state index in [2.05, 4.69) is 4.18 Å². The SMILES string of the molecule is CC(C)(C)C[C@@H](OS(=O)(=O)C(F)(F)F)C(=O)O. The summed E-state index contributed by atoms with van der Waals surface area (Å²) < 4.78 is 60.9. The zero-order chi connectivity index (χ0) is 14.1. The molecule has 0 aromatic carbocycles. The van der Waals surface area contributed by atoms with Gasteiger partial charge in [-0.3, -0.25) is 0 Å². The zero-order valence-corrected chi connectivity index (χ0v) is 10.2.